The predicted molar refractivity (Wildman–Crippen MR) is 87.4 cm³/mol. The van der Waals surface area contributed by atoms with Crippen LogP contribution in [0.4, 0.5) is 5.69 Å². The highest BCUT2D eigenvalue weighted by Gasteiger charge is 2.15. The van der Waals surface area contributed by atoms with Crippen molar-refractivity contribution in [3.8, 4) is 0 Å². The fourth-order valence-electron chi connectivity index (χ4n) is 2.18. The summed E-state index contributed by atoms with van der Waals surface area (Å²) in [6, 6.07) is 6.09. The lowest BCUT2D eigenvalue weighted by Gasteiger charge is -2.06. The molecule has 1 aromatic carbocycles. The highest BCUT2D eigenvalue weighted by molar-refractivity contribution is 7.21. The van der Waals surface area contributed by atoms with Gasteiger partial charge in [-0.2, -0.15) is 0 Å². The van der Waals surface area contributed by atoms with Crippen molar-refractivity contribution in [2.45, 2.75) is 33.6 Å². The third-order valence-corrected chi connectivity index (χ3v) is 4.50. The summed E-state index contributed by atoms with van der Waals surface area (Å²) in [5, 5.41) is 3.94. The molecule has 0 bridgehead atoms. The van der Waals surface area contributed by atoms with Gasteiger partial charge < -0.3 is 11.1 Å². The van der Waals surface area contributed by atoms with E-state index >= 15 is 0 Å². The van der Waals surface area contributed by atoms with E-state index in [2.05, 4.69) is 25.2 Å². The maximum Gasteiger partial charge on any atom is 0.263 e. The quantitative estimate of drug-likeness (QED) is 0.819. The average Bonchev–Trinajstić information content (AvgIpc) is 2.71. The Bertz CT molecular complexity index is 616. The van der Waals surface area contributed by atoms with Crippen LogP contribution in [0.5, 0.6) is 0 Å². The van der Waals surface area contributed by atoms with Crippen molar-refractivity contribution in [3.05, 3.63) is 28.6 Å². The van der Waals surface area contributed by atoms with E-state index in [9.17, 15) is 4.79 Å². The van der Waals surface area contributed by atoms with E-state index in [1.807, 2.05) is 19.1 Å². The van der Waals surface area contributed by atoms with Crippen molar-refractivity contribution in [2.75, 3.05) is 12.3 Å². The number of nitrogen functional groups attached to an aromatic ring is 1. The Balaban J connectivity index is 2.08. The van der Waals surface area contributed by atoms with E-state index < -0.39 is 0 Å². The lowest BCUT2D eigenvalue weighted by atomic mass is 10.1. The minimum atomic E-state index is -0.0508. The summed E-state index contributed by atoms with van der Waals surface area (Å²) in [7, 11) is 0. The lowest BCUT2D eigenvalue weighted by Crippen LogP contribution is -2.24. The third kappa shape index (κ3) is 3.31. The average molecular weight is 290 g/mol. The number of hydrogen-bond donors (Lipinski definition) is 2. The number of benzene rings is 1. The molecule has 3 N–H and O–H groups in total. The Hall–Kier alpha value is -1.55. The second-order valence-corrected chi connectivity index (χ2v) is 6.69. The molecule has 0 saturated carbocycles. The number of fused-ring (bicyclic) bond motifs is 1. The van der Waals surface area contributed by atoms with Crippen molar-refractivity contribution in [1.29, 1.82) is 0 Å². The topological polar surface area (TPSA) is 55.1 Å². The van der Waals surface area contributed by atoms with Gasteiger partial charge in [0.15, 0.2) is 0 Å². The first kappa shape index (κ1) is 14.9. The van der Waals surface area contributed by atoms with Crippen LogP contribution in [0.2, 0.25) is 0 Å². The Labute approximate surface area is 124 Å². The van der Waals surface area contributed by atoms with Gasteiger partial charge in [0.2, 0.25) is 0 Å². The summed E-state index contributed by atoms with van der Waals surface area (Å²) in [6.07, 6.45) is 2.13. The summed E-state index contributed by atoms with van der Waals surface area (Å²) in [5.41, 5.74) is 7.88. The number of amides is 1. The van der Waals surface area contributed by atoms with Gasteiger partial charge in [-0.1, -0.05) is 26.0 Å². The Kier molecular flexibility index (Phi) is 4.65. The van der Waals surface area contributed by atoms with Gasteiger partial charge in [-0.05, 0) is 37.3 Å². The third-order valence-electron chi connectivity index (χ3n) is 3.33. The van der Waals surface area contributed by atoms with Crippen molar-refractivity contribution in [3.63, 3.8) is 0 Å². The SMILES string of the molecule is Cc1ccc2c(N)c(C(=O)NCCCC(C)C)sc2c1. The maximum atomic E-state index is 12.2. The first-order valence-electron chi connectivity index (χ1n) is 7.06. The fourth-order valence-corrected chi connectivity index (χ4v) is 3.32. The number of thiophene rings is 1. The van der Waals surface area contributed by atoms with Gasteiger partial charge in [-0.15, -0.1) is 11.3 Å². The number of carbonyl (C=O) groups is 1. The molecule has 0 atom stereocenters. The summed E-state index contributed by atoms with van der Waals surface area (Å²) in [6.45, 7) is 7.13. The van der Waals surface area contributed by atoms with Crippen molar-refractivity contribution in [1.82, 2.24) is 5.32 Å². The number of carbonyl (C=O) groups excluding carboxylic acids is 1. The molecule has 0 radical (unpaired) electrons. The van der Waals surface area contributed by atoms with Crippen molar-refractivity contribution >= 4 is 33.0 Å². The van der Waals surface area contributed by atoms with Crippen LogP contribution in [0, 0.1) is 12.8 Å². The highest BCUT2D eigenvalue weighted by Crippen LogP contribution is 2.34. The molecule has 20 heavy (non-hydrogen) atoms. The second kappa shape index (κ2) is 6.27. The minimum Gasteiger partial charge on any atom is -0.397 e. The summed E-state index contributed by atoms with van der Waals surface area (Å²) >= 11 is 1.47. The molecule has 1 aromatic heterocycles. The molecule has 0 aliphatic rings. The Morgan fingerprint density at radius 1 is 1.40 bits per heavy atom. The van der Waals surface area contributed by atoms with Crippen LogP contribution in [0.1, 0.15) is 41.9 Å². The van der Waals surface area contributed by atoms with E-state index in [1.165, 1.54) is 16.9 Å². The molecule has 0 unspecified atom stereocenters. The number of nitrogens with one attached hydrogen (secondary N) is 1. The normalized spacial score (nSPS) is 11.2. The second-order valence-electron chi connectivity index (χ2n) is 5.64. The largest absolute Gasteiger partial charge is 0.397 e. The smallest absolute Gasteiger partial charge is 0.263 e. The van der Waals surface area contributed by atoms with Gasteiger partial charge in [-0.3, -0.25) is 4.79 Å². The predicted octanol–water partition coefficient (Wildman–Crippen LogP) is 3.96. The van der Waals surface area contributed by atoms with Crippen LogP contribution in [-0.2, 0) is 0 Å². The van der Waals surface area contributed by atoms with Crippen LogP contribution in [-0.4, -0.2) is 12.5 Å². The van der Waals surface area contributed by atoms with Gasteiger partial charge in [0, 0.05) is 16.6 Å². The van der Waals surface area contributed by atoms with Crippen LogP contribution >= 0.6 is 11.3 Å². The van der Waals surface area contributed by atoms with Gasteiger partial charge >= 0.3 is 0 Å². The maximum absolute atomic E-state index is 12.2. The molecular weight excluding hydrogens is 268 g/mol. The van der Waals surface area contributed by atoms with Crippen LogP contribution in [0.15, 0.2) is 18.2 Å². The summed E-state index contributed by atoms with van der Waals surface area (Å²) < 4.78 is 1.08. The van der Waals surface area contributed by atoms with Gasteiger partial charge in [0.1, 0.15) is 4.88 Å². The Morgan fingerprint density at radius 2 is 2.15 bits per heavy atom. The summed E-state index contributed by atoms with van der Waals surface area (Å²) in [5.74, 6) is 0.620. The van der Waals surface area contributed by atoms with E-state index in [0.29, 0.717) is 23.0 Å². The first-order valence-corrected chi connectivity index (χ1v) is 7.87. The molecule has 108 valence electrons. The molecular formula is C16H22N2OS. The Morgan fingerprint density at radius 3 is 2.85 bits per heavy atom. The van der Waals surface area contributed by atoms with Crippen molar-refractivity contribution in [2.24, 2.45) is 5.92 Å². The zero-order chi connectivity index (χ0) is 14.7. The fraction of sp³-hybridized carbons (Fsp3) is 0.438. The molecule has 3 nitrogen and oxygen atoms in total. The monoisotopic (exact) mass is 290 g/mol. The number of hydrogen-bond acceptors (Lipinski definition) is 3. The molecule has 0 spiro atoms. The molecule has 4 heteroatoms. The molecule has 2 rings (SSSR count). The van der Waals surface area contributed by atoms with Gasteiger partial charge in [-0.25, -0.2) is 0 Å². The first-order chi connectivity index (χ1) is 9.49. The molecule has 0 aliphatic heterocycles. The zero-order valence-electron chi connectivity index (χ0n) is 12.3. The standard InChI is InChI=1S/C16H22N2OS/c1-10(2)5-4-8-18-16(19)15-14(17)12-7-6-11(3)9-13(12)20-15/h6-7,9-10H,4-5,8,17H2,1-3H3,(H,18,19). The molecule has 2 aromatic rings. The molecule has 1 amide bonds. The highest BCUT2D eigenvalue weighted by atomic mass is 32.1. The van der Waals surface area contributed by atoms with Crippen LogP contribution < -0.4 is 11.1 Å². The van der Waals surface area contributed by atoms with Crippen LogP contribution in [0.25, 0.3) is 10.1 Å². The number of nitrogens with two attached hydrogens (primary N) is 1. The van der Waals surface area contributed by atoms with E-state index in [-0.39, 0.29) is 5.91 Å². The number of aryl methyl sites for hydroxylation is 1. The van der Waals surface area contributed by atoms with Crippen LogP contribution in [0.3, 0.4) is 0 Å². The minimum absolute atomic E-state index is 0.0508. The molecule has 0 aliphatic carbocycles. The summed E-state index contributed by atoms with van der Waals surface area (Å²) in [4.78, 5) is 12.8. The van der Waals surface area contributed by atoms with Gasteiger partial charge in [0.05, 0.1) is 5.69 Å². The zero-order valence-corrected chi connectivity index (χ0v) is 13.1. The molecule has 1 heterocycles. The molecule has 0 fully saturated rings. The molecule has 0 saturated heterocycles. The van der Waals surface area contributed by atoms with E-state index in [4.69, 9.17) is 5.73 Å². The van der Waals surface area contributed by atoms with Gasteiger partial charge in [0.25, 0.3) is 5.91 Å². The van der Waals surface area contributed by atoms with Crippen molar-refractivity contribution < 1.29 is 4.79 Å². The van der Waals surface area contributed by atoms with E-state index in [0.717, 1.165) is 22.9 Å². The number of anilines is 1. The van der Waals surface area contributed by atoms with E-state index in [1.54, 1.807) is 0 Å². The number of rotatable bonds is 5. The lowest BCUT2D eigenvalue weighted by molar-refractivity contribution is 0.0957.